The summed E-state index contributed by atoms with van der Waals surface area (Å²) in [7, 11) is 0. The Balaban J connectivity index is 0.956. The van der Waals surface area contributed by atoms with Crippen molar-refractivity contribution < 1.29 is 0 Å². The number of nitrogens with zero attached hydrogens (tertiary/aromatic N) is 2. The lowest BCUT2D eigenvalue weighted by Gasteiger charge is -2.14. The molecule has 56 heavy (non-hydrogen) atoms. The van der Waals surface area contributed by atoms with Gasteiger partial charge in [-0.2, -0.15) is 0 Å². The average Bonchev–Trinajstić information content (AvgIpc) is 3.79. The molecular formula is C54H34N2. The quantitative estimate of drug-likeness (QED) is 0.161. The van der Waals surface area contributed by atoms with Gasteiger partial charge < -0.3 is 9.13 Å². The lowest BCUT2D eigenvalue weighted by atomic mass is 9.94. The van der Waals surface area contributed by atoms with Gasteiger partial charge in [0.2, 0.25) is 0 Å². The van der Waals surface area contributed by atoms with Crippen molar-refractivity contribution in [3.63, 3.8) is 0 Å². The Hall–Kier alpha value is -7.42. The zero-order valence-electron chi connectivity index (χ0n) is 30.5. The summed E-state index contributed by atoms with van der Waals surface area (Å²) in [6.45, 7) is 0. The Bertz CT molecular complexity index is 3480. The maximum absolute atomic E-state index is 2.44. The van der Waals surface area contributed by atoms with E-state index in [9.17, 15) is 0 Å². The van der Waals surface area contributed by atoms with Gasteiger partial charge in [0.05, 0.1) is 22.1 Å². The summed E-state index contributed by atoms with van der Waals surface area (Å²) in [5, 5.41) is 12.8. The Kier molecular flexibility index (Phi) is 6.66. The van der Waals surface area contributed by atoms with Gasteiger partial charge >= 0.3 is 0 Å². The fourth-order valence-electron chi connectivity index (χ4n) is 9.33. The molecule has 0 spiro atoms. The van der Waals surface area contributed by atoms with Crippen molar-refractivity contribution in [3.8, 4) is 33.6 Å². The molecule has 2 nitrogen and oxygen atoms in total. The highest BCUT2D eigenvalue weighted by Gasteiger charge is 2.17. The molecule has 0 amide bonds. The number of aromatic nitrogens is 2. The van der Waals surface area contributed by atoms with Crippen LogP contribution in [0.25, 0.3) is 110 Å². The van der Waals surface area contributed by atoms with Gasteiger partial charge in [-0.1, -0.05) is 146 Å². The Morgan fingerprint density at radius 2 is 0.571 bits per heavy atom. The fourth-order valence-corrected chi connectivity index (χ4v) is 9.33. The van der Waals surface area contributed by atoms with Gasteiger partial charge in [0.25, 0.3) is 0 Å². The highest BCUT2D eigenvalue weighted by atomic mass is 15.0. The van der Waals surface area contributed by atoms with E-state index in [0.717, 1.165) is 0 Å². The maximum atomic E-state index is 2.44. The first-order valence-corrected chi connectivity index (χ1v) is 19.3. The number of fused-ring (bicyclic) bond motifs is 12. The van der Waals surface area contributed by atoms with Crippen LogP contribution in [0.15, 0.2) is 206 Å². The minimum atomic E-state index is 1.17. The first-order valence-electron chi connectivity index (χ1n) is 19.3. The number of benzene rings is 10. The summed E-state index contributed by atoms with van der Waals surface area (Å²) in [5.74, 6) is 0. The summed E-state index contributed by atoms with van der Waals surface area (Å²) in [6, 6.07) is 75.7. The van der Waals surface area contributed by atoms with Crippen LogP contribution >= 0.6 is 0 Å². The van der Waals surface area contributed by atoms with Crippen molar-refractivity contribution in [2.75, 3.05) is 0 Å². The highest BCUT2D eigenvalue weighted by Crippen LogP contribution is 2.40. The van der Waals surface area contributed by atoms with Crippen LogP contribution in [0.3, 0.4) is 0 Å². The van der Waals surface area contributed by atoms with Gasteiger partial charge in [0.1, 0.15) is 0 Å². The standard InChI is InChI=1S/C54H34N2/c1-2-12-39(13-3-1)55-51-20-10-8-18-46(51)49-32-37(26-30-53(49)55)35-22-24-36(25-23-35)38-27-31-54-50(33-38)47-19-9-11-21-52(47)56(54)40-28-29-45-43-16-5-4-14-41(43)42-15-6-7-17-44(42)48(45)34-40/h1-34H. The first-order chi connectivity index (χ1) is 27.8. The minimum Gasteiger partial charge on any atom is -0.309 e. The molecule has 260 valence electrons. The zero-order chi connectivity index (χ0) is 36.7. The molecular weight excluding hydrogens is 677 g/mol. The number of para-hydroxylation sites is 3. The SMILES string of the molecule is c1ccc(-n2c3ccccc3c3cc(-c4ccc(-c5ccc6c(c5)c5ccccc5n6-c5ccc6c7ccccc7c7ccccc7c6c5)cc4)ccc32)cc1. The Morgan fingerprint density at radius 1 is 0.196 bits per heavy atom. The number of hydrogen-bond donors (Lipinski definition) is 0. The van der Waals surface area contributed by atoms with Crippen molar-refractivity contribution in [2.45, 2.75) is 0 Å². The Morgan fingerprint density at radius 3 is 1.09 bits per heavy atom. The predicted molar refractivity (Wildman–Crippen MR) is 239 cm³/mol. The van der Waals surface area contributed by atoms with Gasteiger partial charge in [0.15, 0.2) is 0 Å². The van der Waals surface area contributed by atoms with Crippen LogP contribution in [0.2, 0.25) is 0 Å². The van der Waals surface area contributed by atoms with Crippen LogP contribution in [0.1, 0.15) is 0 Å². The largest absolute Gasteiger partial charge is 0.309 e. The van der Waals surface area contributed by atoms with E-state index in [-0.39, 0.29) is 0 Å². The third-order valence-corrected chi connectivity index (χ3v) is 11.9. The van der Waals surface area contributed by atoms with Crippen LogP contribution in [0.4, 0.5) is 0 Å². The lowest BCUT2D eigenvalue weighted by molar-refractivity contribution is 1.18. The molecule has 2 aromatic heterocycles. The summed E-state index contributed by atoms with van der Waals surface area (Å²) >= 11 is 0. The predicted octanol–water partition coefficient (Wildman–Crippen LogP) is 14.7. The molecule has 0 bridgehead atoms. The molecule has 0 aliphatic heterocycles. The van der Waals surface area contributed by atoms with E-state index in [1.807, 2.05) is 0 Å². The van der Waals surface area contributed by atoms with Crippen LogP contribution in [-0.2, 0) is 0 Å². The smallest absolute Gasteiger partial charge is 0.0541 e. The van der Waals surface area contributed by atoms with Crippen molar-refractivity contribution in [1.82, 2.24) is 9.13 Å². The topological polar surface area (TPSA) is 9.86 Å². The molecule has 0 unspecified atom stereocenters. The molecule has 12 aromatic rings. The molecule has 0 atom stereocenters. The van der Waals surface area contributed by atoms with Crippen molar-refractivity contribution in [2.24, 2.45) is 0 Å². The molecule has 2 heteroatoms. The van der Waals surface area contributed by atoms with Crippen molar-refractivity contribution >= 4 is 75.9 Å². The fraction of sp³-hybridized carbons (Fsp3) is 0. The third kappa shape index (κ3) is 4.57. The molecule has 0 saturated heterocycles. The molecule has 10 aromatic carbocycles. The monoisotopic (exact) mass is 710 g/mol. The molecule has 0 aliphatic rings. The second-order valence-electron chi connectivity index (χ2n) is 14.9. The average molecular weight is 711 g/mol. The number of hydrogen-bond acceptors (Lipinski definition) is 0. The van der Waals surface area contributed by atoms with E-state index in [0.29, 0.717) is 0 Å². The van der Waals surface area contributed by atoms with Crippen LogP contribution in [-0.4, -0.2) is 9.13 Å². The van der Waals surface area contributed by atoms with Gasteiger partial charge in [0, 0.05) is 32.9 Å². The van der Waals surface area contributed by atoms with E-state index in [1.165, 1.54) is 110 Å². The molecule has 0 fully saturated rings. The van der Waals surface area contributed by atoms with Gasteiger partial charge in [-0.15, -0.1) is 0 Å². The van der Waals surface area contributed by atoms with E-state index in [1.54, 1.807) is 0 Å². The van der Waals surface area contributed by atoms with E-state index >= 15 is 0 Å². The van der Waals surface area contributed by atoms with Gasteiger partial charge in [-0.25, -0.2) is 0 Å². The summed E-state index contributed by atoms with van der Waals surface area (Å²) in [4.78, 5) is 0. The number of rotatable bonds is 4. The highest BCUT2D eigenvalue weighted by molar-refractivity contribution is 6.25. The van der Waals surface area contributed by atoms with Crippen LogP contribution < -0.4 is 0 Å². The zero-order valence-corrected chi connectivity index (χ0v) is 30.5. The van der Waals surface area contributed by atoms with E-state index < -0.39 is 0 Å². The maximum Gasteiger partial charge on any atom is 0.0541 e. The van der Waals surface area contributed by atoms with Gasteiger partial charge in [-0.3, -0.25) is 0 Å². The Labute approximate surface area is 323 Å². The summed E-state index contributed by atoms with van der Waals surface area (Å²) < 4.78 is 4.81. The second kappa shape index (κ2) is 12.0. The molecule has 0 N–H and O–H groups in total. The summed E-state index contributed by atoms with van der Waals surface area (Å²) in [5.41, 5.74) is 12.1. The molecule has 2 heterocycles. The van der Waals surface area contributed by atoms with E-state index in [2.05, 4.69) is 215 Å². The normalized spacial score (nSPS) is 11.9. The lowest BCUT2D eigenvalue weighted by Crippen LogP contribution is -1.94. The van der Waals surface area contributed by atoms with Crippen LogP contribution in [0, 0.1) is 0 Å². The molecule has 0 saturated carbocycles. The second-order valence-corrected chi connectivity index (χ2v) is 14.9. The van der Waals surface area contributed by atoms with E-state index in [4.69, 9.17) is 0 Å². The van der Waals surface area contributed by atoms with Crippen molar-refractivity contribution in [1.29, 1.82) is 0 Å². The van der Waals surface area contributed by atoms with Gasteiger partial charge in [-0.05, 0) is 115 Å². The van der Waals surface area contributed by atoms with Crippen molar-refractivity contribution in [3.05, 3.63) is 206 Å². The third-order valence-electron chi connectivity index (χ3n) is 11.9. The first kappa shape index (κ1) is 31.0. The molecule has 0 radical (unpaired) electrons. The van der Waals surface area contributed by atoms with Crippen LogP contribution in [0.5, 0.6) is 0 Å². The molecule has 12 rings (SSSR count). The molecule has 0 aliphatic carbocycles. The summed E-state index contributed by atoms with van der Waals surface area (Å²) in [6.07, 6.45) is 0. The minimum absolute atomic E-state index is 1.17.